The number of rotatable bonds is 3. The Balaban J connectivity index is 2.01. The van der Waals surface area contributed by atoms with Crippen molar-refractivity contribution >= 4 is 11.3 Å². The summed E-state index contributed by atoms with van der Waals surface area (Å²) in [4.78, 5) is 1.52. The Labute approximate surface area is 95.3 Å². The number of thiophene rings is 1. The monoisotopic (exact) mass is 225 g/mol. The Kier molecular flexibility index (Phi) is 3.14. The Morgan fingerprint density at radius 1 is 1.60 bits per heavy atom. The summed E-state index contributed by atoms with van der Waals surface area (Å²) in [5.74, 6) is 0. The molecule has 0 spiro atoms. The molecule has 0 saturated heterocycles. The number of aryl methyl sites for hydroxylation is 1. The van der Waals surface area contributed by atoms with E-state index in [1.54, 1.807) is 0 Å². The molecule has 0 bridgehead atoms. The fraction of sp³-hybridized carbons (Fsp3) is 0.667. The fourth-order valence-electron chi connectivity index (χ4n) is 2.07. The van der Waals surface area contributed by atoms with Crippen LogP contribution in [0.1, 0.15) is 43.2 Å². The summed E-state index contributed by atoms with van der Waals surface area (Å²) in [6.07, 6.45) is 3.69. The molecule has 1 aromatic rings. The third-order valence-corrected chi connectivity index (χ3v) is 3.83. The highest BCUT2D eigenvalue weighted by Crippen LogP contribution is 2.33. The minimum absolute atomic E-state index is 0.450. The van der Waals surface area contributed by atoms with Crippen molar-refractivity contribution in [2.75, 3.05) is 6.54 Å². The first-order valence-corrected chi connectivity index (χ1v) is 6.46. The van der Waals surface area contributed by atoms with Gasteiger partial charge in [0.15, 0.2) is 0 Å². The molecule has 0 fully saturated rings. The van der Waals surface area contributed by atoms with Gasteiger partial charge in [-0.15, -0.1) is 11.3 Å². The summed E-state index contributed by atoms with van der Waals surface area (Å²) in [6.45, 7) is 4.35. The van der Waals surface area contributed by atoms with Crippen molar-refractivity contribution in [2.24, 2.45) is 0 Å². The molecule has 0 aromatic carbocycles. The highest BCUT2D eigenvalue weighted by molar-refractivity contribution is 7.10. The summed E-state index contributed by atoms with van der Waals surface area (Å²) < 4.78 is 0. The van der Waals surface area contributed by atoms with E-state index in [-0.39, 0.29) is 0 Å². The van der Waals surface area contributed by atoms with Crippen molar-refractivity contribution < 1.29 is 5.11 Å². The van der Waals surface area contributed by atoms with Crippen LogP contribution in [0, 0.1) is 0 Å². The van der Waals surface area contributed by atoms with Gasteiger partial charge in [-0.05, 0) is 50.1 Å². The van der Waals surface area contributed by atoms with E-state index in [4.69, 9.17) is 0 Å². The molecule has 3 heteroatoms. The van der Waals surface area contributed by atoms with Crippen LogP contribution in [0.5, 0.6) is 0 Å². The summed E-state index contributed by atoms with van der Waals surface area (Å²) in [5, 5.41) is 15.3. The quantitative estimate of drug-likeness (QED) is 0.828. The molecule has 0 amide bonds. The molecule has 0 aliphatic heterocycles. The largest absolute Gasteiger partial charge is 0.389 e. The number of fused-ring (bicyclic) bond motifs is 1. The first-order valence-electron chi connectivity index (χ1n) is 5.58. The summed E-state index contributed by atoms with van der Waals surface area (Å²) in [7, 11) is 0. The maximum atomic E-state index is 9.69. The number of hydrogen-bond acceptors (Lipinski definition) is 3. The van der Waals surface area contributed by atoms with Crippen molar-refractivity contribution in [1.29, 1.82) is 0 Å². The summed E-state index contributed by atoms with van der Waals surface area (Å²) in [6, 6.07) is 2.67. The standard InChI is InChI=1S/C12H19NOS/c1-12(2,14)8-13-10-4-3-5-11-9(10)6-7-15-11/h6-7,10,13-14H,3-5,8H2,1-2H3. The Morgan fingerprint density at radius 3 is 3.13 bits per heavy atom. The van der Waals surface area contributed by atoms with Crippen LogP contribution >= 0.6 is 11.3 Å². The van der Waals surface area contributed by atoms with Gasteiger partial charge in [0, 0.05) is 17.5 Å². The van der Waals surface area contributed by atoms with Gasteiger partial charge >= 0.3 is 0 Å². The van der Waals surface area contributed by atoms with E-state index < -0.39 is 5.60 Å². The van der Waals surface area contributed by atoms with Crippen molar-refractivity contribution in [3.8, 4) is 0 Å². The predicted molar refractivity (Wildman–Crippen MR) is 64.3 cm³/mol. The molecule has 1 aromatic heterocycles. The second kappa shape index (κ2) is 4.24. The lowest BCUT2D eigenvalue weighted by Gasteiger charge is -2.27. The maximum absolute atomic E-state index is 9.69. The van der Waals surface area contributed by atoms with Gasteiger partial charge in [-0.25, -0.2) is 0 Å². The van der Waals surface area contributed by atoms with E-state index in [1.165, 1.54) is 29.7 Å². The molecule has 2 nitrogen and oxygen atoms in total. The van der Waals surface area contributed by atoms with E-state index in [9.17, 15) is 5.11 Å². The van der Waals surface area contributed by atoms with E-state index in [0.717, 1.165) is 0 Å². The minimum Gasteiger partial charge on any atom is -0.389 e. The van der Waals surface area contributed by atoms with Crippen molar-refractivity contribution in [2.45, 2.75) is 44.8 Å². The molecule has 15 heavy (non-hydrogen) atoms. The molecular formula is C12H19NOS. The van der Waals surface area contributed by atoms with Crippen LogP contribution in [0.2, 0.25) is 0 Å². The fourth-order valence-corrected chi connectivity index (χ4v) is 3.06. The van der Waals surface area contributed by atoms with Crippen molar-refractivity contribution in [3.63, 3.8) is 0 Å². The van der Waals surface area contributed by atoms with E-state index in [1.807, 2.05) is 25.2 Å². The summed E-state index contributed by atoms with van der Waals surface area (Å²) >= 11 is 1.86. The van der Waals surface area contributed by atoms with Crippen LogP contribution in [0.25, 0.3) is 0 Å². The molecule has 2 N–H and O–H groups in total. The molecule has 1 heterocycles. The number of hydrogen-bond donors (Lipinski definition) is 2. The van der Waals surface area contributed by atoms with E-state index >= 15 is 0 Å². The molecule has 0 radical (unpaired) electrons. The highest BCUT2D eigenvalue weighted by Gasteiger charge is 2.22. The third-order valence-electron chi connectivity index (χ3n) is 2.83. The van der Waals surface area contributed by atoms with Gasteiger partial charge in [-0.3, -0.25) is 0 Å². The first kappa shape index (κ1) is 11.1. The second-order valence-corrected chi connectivity index (χ2v) is 5.94. The first-order chi connectivity index (χ1) is 7.06. The lowest BCUT2D eigenvalue weighted by molar-refractivity contribution is 0.0756. The normalized spacial score (nSPS) is 21.4. The van der Waals surface area contributed by atoms with Gasteiger partial charge in [0.1, 0.15) is 0 Å². The maximum Gasteiger partial charge on any atom is 0.0715 e. The topological polar surface area (TPSA) is 32.3 Å². The van der Waals surface area contributed by atoms with Crippen LogP contribution in [-0.4, -0.2) is 17.3 Å². The Bertz CT molecular complexity index is 327. The SMILES string of the molecule is CC(C)(O)CNC1CCCc2sccc21. The molecule has 0 saturated carbocycles. The van der Waals surface area contributed by atoms with Crippen molar-refractivity contribution in [1.82, 2.24) is 5.32 Å². The zero-order valence-electron chi connectivity index (χ0n) is 9.42. The Hall–Kier alpha value is -0.380. The zero-order valence-corrected chi connectivity index (χ0v) is 10.2. The lowest BCUT2D eigenvalue weighted by atomic mass is 9.93. The van der Waals surface area contributed by atoms with Gasteiger partial charge in [0.25, 0.3) is 0 Å². The highest BCUT2D eigenvalue weighted by atomic mass is 32.1. The van der Waals surface area contributed by atoms with Gasteiger partial charge in [0.2, 0.25) is 0 Å². The molecule has 1 atom stereocenters. The van der Waals surface area contributed by atoms with E-state index in [2.05, 4.69) is 16.8 Å². The number of aliphatic hydroxyl groups is 1. The van der Waals surface area contributed by atoms with Gasteiger partial charge in [0.05, 0.1) is 5.60 Å². The molecule has 1 aliphatic carbocycles. The van der Waals surface area contributed by atoms with Crippen LogP contribution in [0.3, 0.4) is 0 Å². The minimum atomic E-state index is -0.617. The number of nitrogens with one attached hydrogen (secondary N) is 1. The molecular weight excluding hydrogens is 206 g/mol. The van der Waals surface area contributed by atoms with Crippen LogP contribution in [-0.2, 0) is 6.42 Å². The third kappa shape index (κ3) is 2.80. The summed E-state index contributed by atoms with van der Waals surface area (Å²) in [5.41, 5.74) is 0.837. The zero-order chi connectivity index (χ0) is 10.9. The van der Waals surface area contributed by atoms with Gasteiger partial charge in [-0.2, -0.15) is 0 Å². The molecule has 1 unspecified atom stereocenters. The molecule has 84 valence electrons. The second-order valence-electron chi connectivity index (χ2n) is 4.94. The van der Waals surface area contributed by atoms with E-state index in [0.29, 0.717) is 12.6 Å². The average molecular weight is 225 g/mol. The van der Waals surface area contributed by atoms with Crippen molar-refractivity contribution in [3.05, 3.63) is 21.9 Å². The predicted octanol–water partition coefficient (Wildman–Crippen LogP) is 2.49. The molecule has 1 aliphatic rings. The Morgan fingerprint density at radius 2 is 2.40 bits per heavy atom. The van der Waals surface area contributed by atoms with Gasteiger partial charge in [-0.1, -0.05) is 0 Å². The lowest BCUT2D eigenvalue weighted by Crippen LogP contribution is -2.37. The average Bonchev–Trinajstić information content (AvgIpc) is 2.61. The molecule has 2 rings (SSSR count). The van der Waals surface area contributed by atoms with Crippen LogP contribution in [0.4, 0.5) is 0 Å². The van der Waals surface area contributed by atoms with Gasteiger partial charge < -0.3 is 10.4 Å². The van der Waals surface area contributed by atoms with Crippen LogP contribution < -0.4 is 5.32 Å². The van der Waals surface area contributed by atoms with Crippen LogP contribution in [0.15, 0.2) is 11.4 Å². The smallest absolute Gasteiger partial charge is 0.0715 e.